The highest BCUT2D eigenvalue weighted by atomic mass is 35.5. The third kappa shape index (κ3) is 4.27. The Morgan fingerprint density at radius 2 is 1.68 bits per heavy atom. The van der Waals surface area contributed by atoms with Crippen molar-refractivity contribution in [1.29, 1.82) is 0 Å². The van der Waals surface area contributed by atoms with Gasteiger partial charge in [0.2, 0.25) is 10.0 Å². The molecule has 28 heavy (non-hydrogen) atoms. The van der Waals surface area contributed by atoms with E-state index in [4.69, 9.17) is 11.6 Å². The molecule has 1 fully saturated rings. The molecule has 0 aromatic heterocycles. The van der Waals surface area contributed by atoms with Crippen molar-refractivity contribution in [1.82, 2.24) is 9.21 Å². The van der Waals surface area contributed by atoms with Crippen LogP contribution in [0.3, 0.4) is 0 Å². The van der Waals surface area contributed by atoms with E-state index in [0.29, 0.717) is 10.5 Å². The molecule has 2 aromatic rings. The van der Waals surface area contributed by atoms with Crippen molar-refractivity contribution in [3.8, 4) is 0 Å². The van der Waals surface area contributed by atoms with Gasteiger partial charge in [0.1, 0.15) is 5.82 Å². The molecule has 150 valence electrons. The van der Waals surface area contributed by atoms with E-state index in [1.807, 2.05) is 0 Å². The van der Waals surface area contributed by atoms with Gasteiger partial charge < -0.3 is 4.90 Å². The lowest BCUT2D eigenvalue weighted by Crippen LogP contribution is -2.50. The predicted octanol–water partition coefficient (Wildman–Crippen LogP) is 2.36. The van der Waals surface area contributed by atoms with Crippen molar-refractivity contribution in [3.05, 3.63) is 58.9 Å². The van der Waals surface area contributed by atoms with Crippen LogP contribution in [0.5, 0.6) is 0 Å². The summed E-state index contributed by atoms with van der Waals surface area (Å²) in [6, 6.07) is 9.79. The second kappa shape index (κ2) is 8.28. The fourth-order valence-corrected chi connectivity index (χ4v) is 5.10. The average Bonchev–Trinajstić information content (AvgIpc) is 2.69. The molecule has 3 rings (SSSR count). The number of hydrogen-bond acceptors (Lipinski definition) is 4. The summed E-state index contributed by atoms with van der Waals surface area (Å²) in [5.41, 5.74) is 0.454. The Bertz CT molecular complexity index is 1020. The maximum atomic E-state index is 13.3. The Balaban J connectivity index is 1.68. The molecule has 1 saturated heterocycles. The molecule has 10 heteroatoms. The number of halogens is 2. The molecule has 0 N–H and O–H groups in total. The van der Waals surface area contributed by atoms with Gasteiger partial charge in [0.25, 0.3) is 5.91 Å². The lowest BCUT2D eigenvalue weighted by Gasteiger charge is -2.34. The summed E-state index contributed by atoms with van der Waals surface area (Å²) >= 11 is 5.69. The normalized spacial score (nSPS) is 16.8. The largest absolute Gasteiger partial charge is 0.336 e. The number of sulfonamides is 1. The van der Waals surface area contributed by atoms with E-state index in [9.17, 15) is 21.8 Å². The Labute approximate surface area is 170 Å². The minimum absolute atomic E-state index is 0.0816. The maximum absolute atomic E-state index is 13.3. The molecule has 0 spiro atoms. The van der Waals surface area contributed by atoms with Crippen LogP contribution < -0.4 is 0 Å². The summed E-state index contributed by atoms with van der Waals surface area (Å²) < 4.78 is 51.4. The van der Waals surface area contributed by atoms with Crippen molar-refractivity contribution < 1.29 is 21.8 Å². The molecule has 1 aliphatic rings. The van der Waals surface area contributed by atoms with Crippen molar-refractivity contribution in [2.24, 2.45) is 0 Å². The van der Waals surface area contributed by atoms with Gasteiger partial charge in [-0.05, 0) is 42.5 Å². The van der Waals surface area contributed by atoms with Crippen LogP contribution >= 0.6 is 11.6 Å². The van der Waals surface area contributed by atoms with Crippen molar-refractivity contribution in [2.75, 3.05) is 32.4 Å². The zero-order valence-electron chi connectivity index (χ0n) is 15.0. The predicted molar refractivity (Wildman–Crippen MR) is 105 cm³/mol. The van der Waals surface area contributed by atoms with Crippen LogP contribution in [0.4, 0.5) is 4.39 Å². The molecule has 0 radical (unpaired) electrons. The van der Waals surface area contributed by atoms with Crippen LogP contribution in [-0.2, 0) is 20.8 Å². The summed E-state index contributed by atoms with van der Waals surface area (Å²) in [6.07, 6.45) is 1.56. The zero-order chi connectivity index (χ0) is 20.5. The first kappa shape index (κ1) is 20.9. The Morgan fingerprint density at radius 3 is 2.21 bits per heavy atom. The van der Waals surface area contributed by atoms with Crippen LogP contribution in [0.25, 0.3) is 0 Å². The Morgan fingerprint density at radius 1 is 1.07 bits per heavy atom. The number of rotatable bonds is 4. The molecule has 1 atom stereocenters. The number of carbonyl (C=O) groups excluding carboxylic acids is 1. The van der Waals surface area contributed by atoms with Gasteiger partial charge in [0, 0.05) is 53.7 Å². The van der Waals surface area contributed by atoms with Gasteiger partial charge in [-0.25, -0.2) is 12.8 Å². The maximum Gasteiger partial charge on any atom is 0.253 e. The molecule has 0 aliphatic carbocycles. The molecular weight excluding hydrogens is 427 g/mol. The summed E-state index contributed by atoms with van der Waals surface area (Å²) in [5, 5.41) is -0.258. The number of carbonyl (C=O) groups is 1. The van der Waals surface area contributed by atoms with Crippen LogP contribution in [0.1, 0.15) is 10.4 Å². The number of piperazine rings is 1. The fraction of sp³-hybridized carbons (Fsp3) is 0.278. The van der Waals surface area contributed by atoms with Gasteiger partial charge in [0.05, 0.1) is 9.92 Å². The molecule has 1 unspecified atom stereocenters. The monoisotopic (exact) mass is 444 g/mol. The average molecular weight is 445 g/mol. The SMILES string of the molecule is CS(=O)c1ccc(C(=O)N2CCN(S(=O)(=O)c3ccc(F)c(Cl)c3)CC2)cc1. The Hall–Kier alpha value is -1.81. The molecule has 0 saturated carbocycles. The number of amides is 1. The van der Waals surface area contributed by atoms with Crippen LogP contribution in [0.15, 0.2) is 52.3 Å². The van der Waals surface area contributed by atoms with Gasteiger partial charge >= 0.3 is 0 Å². The van der Waals surface area contributed by atoms with E-state index < -0.39 is 26.6 Å². The third-order valence-electron chi connectivity index (χ3n) is 4.49. The molecular formula is C18H18ClFN2O4S2. The van der Waals surface area contributed by atoms with Crippen molar-refractivity contribution >= 4 is 38.3 Å². The summed E-state index contributed by atoms with van der Waals surface area (Å²) in [5.74, 6) is -0.899. The van der Waals surface area contributed by atoms with E-state index in [-0.39, 0.29) is 42.0 Å². The van der Waals surface area contributed by atoms with Gasteiger partial charge in [-0.1, -0.05) is 11.6 Å². The Kier molecular flexibility index (Phi) is 6.18. The van der Waals surface area contributed by atoms with Crippen LogP contribution in [-0.4, -0.2) is 60.2 Å². The number of nitrogens with zero attached hydrogens (tertiary/aromatic N) is 2. The highest BCUT2D eigenvalue weighted by molar-refractivity contribution is 7.89. The highest BCUT2D eigenvalue weighted by Gasteiger charge is 2.30. The lowest BCUT2D eigenvalue weighted by molar-refractivity contribution is 0.0698. The molecule has 1 heterocycles. The minimum atomic E-state index is -3.82. The van der Waals surface area contributed by atoms with E-state index in [2.05, 4.69) is 0 Å². The molecule has 2 aromatic carbocycles. The fourth-order valence-electron chi connectivity index (χ4n) is 2.89. The summed E-state index contributed by atoms with van der Waals surface area (Å²) in [7, 11) is -4.94. The molecule has 0 bridgehead atoms. The van der Waals surface area contributed by atoms with E-state index in [0.717, 1.165) is 12.1 Å². The third-order valence-corrected chi connectivity index (χ3v) is 7.61. The van der Waals surface area contributed by atoms with E-state index in [1.54, 1.807) is 35.4 Å². The minimum Gasteiger partial charge on any atom is -0.336 e. The standard InChI is InChI=1S/C18H18ClFN2O4S2/c1-27(24)14-4-2-13(3-5-14)18(23)21-8-10-22(11-9-21)28(25,26)15-6-7-17(20)16(19)12-15/h2-7,12H,8-11H2,1H3. The first-order chi connectivity index (χ1) is 13.2. The second-order valence-electron chi connectivity index (χ2n) is 6.25. The topological polar surface area (TPSA) is 74.8 Å². The first-order valence-corrected chi connectivity index (χ1v) is 11.8. The van der Waals surface area contributed by atoms with Crippen LogP contribution in [0.2, 0.25) is 5.02 Å². The number of benzene rings is 2. The van der Waals surface area contributed by atoms with E-state index >= 15 is 0 Å². The van der Waals surface area contributed by atoms with Crippen molar-refractivity contribution in [3.63, 3.8) is 0 Å². The van der Waals surface area contributed by atoms with E-state index in [1.165, 1.54) is 10.4 Å². The lowest BCUT2D eigenvalue weighted by atomic mass is 10.2. The van der Waals surface area contributed by atoms with Gasteiger partial charge in [-0.15, -0.1) is 0 Å². The first-order valence-electron chi connectivity index (χ1n) is 8.38. The zero-order valence-corrected chi connectivity index (χ0v) is 17.4. The molecule has 1 amide bonds. The summed E-state index contributed by atoms with van der Waals surface area (Å²) in [6.45, 7) is 0.711. The molecule has 6 nitrogen and oxygen atoms in total. The van der Waals surface area contributed by atoms with Crippen LogP contribution in [0, 0.1) is 5.82 Å². The highest BCUT2D eigenvalue weighted by Crippen LogP contribution is 2.23. The number of hydrogen-bond donors (Lipinski definition) is 0. The van der Waals surface area contributed by atoms with Gasteiger partial charge in [0.15, 0.2) is 0 Å². The van der Waals surface area contributed by atoms with Gasteiger partial charge in [-0.2, -0.15) is 4.31 Å². The molecule has 1 aliphatic heterocycles. The smallest absolute Gasteiger partial charge is 0.253 e. The van der Waals surface area contributed by atoms with Crippen molar-refractivity contribution in [2.45, 2.75) is 9.79 Å². The quantitative estimate of drug-likeness (QED) is 0.725. The second-order valence-corrected chi connectivity index (χ2v) is 9.98. The van der Waals surface area contributed by atoms with Gasteiger partial charge in [-0.3, -0.25) is 9.00 Å². The summed E-state index contributed by atoms with van der Waals surface area (Å²) in [4.78, 5) is 14.7.